The Hall–Kier alpha value is -1.51. The van der Waals surface area contributed by atoms with E-state index < -0.39 is 0 Å². The normalized spacial score (nSPS) is 16.7. The van der Waals surface area contributed by atoms with Crippen LogP contribution in [0.1, 0.15) is 25.7 Å². The minimum Gasteiger partial charge on any atom is -0.508 e. The third kappa shape index (κ3) is 2.98. The molecule has 3 heteroatoms. The summed E-state index contributed by atoms with van der Waals surface area (Å²) in [5.74, 6) is 1.36. The molecular weight excluding hydrogens is 188 g/mol. The van der Waals surface area contributed by atoms with E-state index in [0.717, 1.165) is 24.5 Å². The van der Waals surface area contributed by atoms with Gasteiger partial charge in [-0.3, -0.25) is 4.99 Å². The average Bonchev–Trinajstić information content (AvgIpc) is 2.50. The van der Waals surface area contributed by atoms with Crippen LogP contribution in [-0.4, -0.2) is 17.5 Å². The minimum atomic E-state index is 0.295. The van der Waals surface area contributed by atoms with Crippen LogP contribution in [0.2, 0.25) is 0 Å². The van der Waals surface area contributed by atoms with Crippen molar-refractivity contribution in [1.82, 2.24) is 0 Å². The van der Waals surface area contributed by atoms with Gasteiger partial charge in [-0.05, 0) is 37.1 Å². The zero-order chi connectivity index (χ0) is 10.5. The lowest BCUT2D eigenvalue weighted by atomic mass is 10.2. The van der Waals surface area contributed by atoms with Crippen LogP contribution in [0.4, 0.5) is 5.69 Å². The number of phenolic OH excluding ortho intramolecular Hbond substituents is 1. The maximum atomic E-state index is 9.15. The highest BCUT2D eigenvalue weighted by atomic mass is 16.3. The fourth-order valence-corrected chi connectivity index (χ4v) is 1.69. The Morgan fingerprint density at radius 3 is 2.67 bits per heavy atom. The highest BCUT2D eigenvalue weighted by Gasteiger charge is 2.04. The molecule has 1 aliphatic heterocycles. The van der Waals surface area contributed by atoms with Gasteiger partial charge in [0.1, 0.15) is 11.6 Å². The summed E-state index contributed by atoms with van der Waals surface area (Å²) in [6.45, 7) is 0.931. The van der Waals surface area contributed by atoms with E-state index in [1.807, 2.05) is 12.1 Å². The van der Waals surface area contributed by atoms with Crippen molar-refractivity contribution in [1.29, 1.82) is 0 Å². The van der Waals surface area contributed by atoms with Crippen LogP contribution in [0.15, 0.2) is 29.3 Å². The molecule has 0 saturated carbocycles. The van der Waals surface area contributed by atoms with Gasteiger partial charge in [-0.15, -0.1) is 0 Å². The number of anilines is 1. The zero-order valence-corrected chi connectivity index (χ0v) is 8.74. The molecule has 2 N–H and O–H groups in total. The molecule has 1 aliphatic rings. The van der Waals surface area contributed by atoms with Crippen LogP contribution in [-0.2, 0) is 0 Å². The Morgan fingerprint density at radius 2 is 1.87 bits per heavy atom. The third-order valence-electron chi connectivity index (χ3n) is 2.53. The second-order valence-corrected chi connectivity index (χ2v) is 3.81. The molecule has 0 radical (unpaired) electrons. The summed E-state index contributed by atoms with van der Waals surface area (Å²) < 4.78 is 0. The first-order valence-corrected chi connectivity index (χ1v) is 5.44. The quantitative estimate of drug-likeness (QED) is 0.691. The number of amidine groups is 1. The van der Waals surface area contributed by atoms with Crippen LogP contribution >= 0.6 is 0 Å². The van der Waals surface area contributed by atoms with Crippen molar-refractivity contribution in [2.24, 2.45) is 4.99 Å². The van der Waals surface area contributed by atoms with Gasteiger partial charge in [-0.25, -0.2) is 0 Å². The van der Waals surface area contributed by atoms with Gasteiger partial charge in [0.25, 0.3) is 0 Å². The van der Waals surface area contributed by atoms with Gasteiger partial charge < -0.3 is 10.4 Å². The minimum absolute atomic E-state index is 0.295. The van der Waals surface area contributed by atoms with Crippen LogP contribution in [0.25, 0.3) is 0 Å². The first-order chi connectivity index (χ1) is 7.34. The van der Waals surface area contributed by atoms with Crippen molar-refractivity contribution >= 4 is 11.5 Å². The van der Waals surface area contributed by atoms with Crippen molar-refractivity contribution < 1.29 is 5.11 Å². The zero-order valence-electron chi connectivity index (χ0n) is 8.74. The maximum Gasteiger partial charge on any atom is 0.115 e. The molecule has 0 saturated heterocycles. The average molecular weight is 204 g/mol. The molecule has 0 amide bonds. The fourth-order valence-electron chi connectivity index (χ4n) is 1.69. The van der Waals surface area contributed by atoms with Crippen LogP contribution < -0.4 is 5.32 Å². The first kappa shape index (κ1) is 10.0. The lowest BCUT2D eigenvalue weighted by molar-refractivity contribution is 0.475. The maximum absolute atomic E-state index is 9.15. The molecule has 0 spiro atoms. The SMILES string of the molecule is Oc1ccc(NC2=NCCCCC2)cc1. The van der Waals surface area contributed by atoms with E-state index in [-0.39, 0.29) is 0 Å². The van der Waals surface area contributed by atoms with Gasteiger partial charge in [-0.2, -0.15) is 0 Å². The second kappa shape index (κ2) is 4.82. The van der Waals surface area contributed by atoms with Gasteiger partial charge in [-0.1, -0.05) is 6.42 Å². The van der Waals surface area contributed by atoms with Crippen LogP contribution in [0.3, 0.4) is 0 Å². The summed E-state index contributed by atoms with van der Waals surface area (Å²) in [5, 5.41) is 12.4. The summed E-state index contributed by atoms with van der Waals surface area (Å²) in [6.07, 6.45) is 4.70. The van der Waals surface area contributed by atoms with Crippen molar-refractivity contribution in [3.8, 4) is 5.75 Å². The lowest BCUT2D eigenvalue weighted by Gasteiger charge is -2.07. The first-order valence-electron chi connectivity index (χ1n) is 5.44. The van der Waals surface area contributed by atoms with Crippen LogP contribution in [0.5, 0.6) is 5.75 Å². The number of aromatic hydroxyl groups is 1. The molecule has 15 heavy (non-hydrogen) atoms. The number of phenols is 1. The van der Waals surface area contributed by atoms with Gasteiger partial charge in [0.15, 0.2) is 0 Å². The van der Waals surface area contributed by atoms with Gasteiger partial charge in [0.05, 0.1) is 0 Å². The molecule has 0 atom stereocenters. The Balaban J connectivity index is 2.01. The van der Waals surface area contributed by atoms with Crippen molar-refractivity contribution in [3.05, 3.63) is 24.3 Å². The van der Waals surface area contributed by atoms with E-state index in [9.17, 15) is 0 Å². The highest BCUT2D eigenvalue weighted by Crippen LogP contribution is 2.15. The van der Waals surface area contributed by atoms with Gasteiger partial charge in [0, 0.05) is 18.7 Å². The van der Waals surface area contributed by atoms with Crippen LogP contribution in [0, 0.1) is 0 Å². The predicted molar refractivity (Wildman–Crippen MR) is 62.5 cm³/mol. The molecule has 0 aromatic heterocycles. The number of hydrogen-bond acceptors (Lipinski definition) is 3. The van der Waals surface area contributed by atoms with E-state index >= 15 is 0 Å². The van der Waals surface area contributed by atoms with E-state index in [1.54, 1.807) is 12.1 Å². The number of nitrogens with one attached hydrogen (secondary N) is 1. The van der Waals surface area contributed by atoms with Gasteiger partial charge in [0.2, 0.25) is 0 Å². The molecule has 80 valence electrons. The molecule has 1 aromatic carbocycles. The smallest absolute Gasteiger partial charge is 0.115 e. The largest absolute Gasteiger partial charge is 0.508 e. The number of hydrogen-bond donors (Lipinski definition) is 2. The Labute approximate surface area is 89.9 Å². The Morgan fingerprint density at radius 1 is 1.07 bits per heavy atom. The van der Waals surface area contributed by atoms with Crippen molar-refractivity contribution in [2.45, 2.75) is 25.7 Å². The number of aliphatic imine (C=N–C) groups is 1. The number of nitrogens with zero attached hydrogens (tertiary/aromatic N) is 1. The summed E-state index contributed by atoms with van der Waals surface area (Å²) in [7, 11) is 0. The Bertz CT molecular complexity index is 343. The summed E-state index contributed by atoms with van der Waals surface area (Å²) in [4.78, 5) is 4.48. The van der Waals surface area contributed by atoms with E-state index in [1.165, 1.54) is 19.3 Å². The summed E-state index contributed by atoms with van der Waals surface area (Å²) >= 11 is 0. The van der Waals surface area contributed by atoms with E-state index in [4.69, 9.17) is 5.11 Å². The van der Waals surface area contributed by atoms with E-state index in [2.05, 4.69) is 10.3 Å². The number of rotatable bonds is 1. The van der Waals surface area contributed by atoms with Crippen molar-refractivity contribution in [2.75, 3.05) is 11.9 Å². The topological polar surface area (TPSA) is 44.6 Å². The molecule has 2 rings (SSSR count). The second-order valence-electron chi connectivity index (χ2n) is 3.81. The summed E-state index contributed by atoms with van der Waals surface area (Å²) in [5.41, 5.74) is 0.994. The summed E-state index contributed by atoms with van der Waals surface area (Å²) in [6, 6.07) is 7.09. The van der Waals surface area contributed by atoms with Gasteiger partial charge >= 0.3 is 0 Å². The standard InChI is InChI=1S/C12H16N2O/c15-11-7-5-10(6-8-11)14-12-4-2-1-3-9-13-12/h5-8,15H,1-4,9H2,(H,13,14). The molecular formula is C12H16N2O. The molecule has 1 aromatic rings. The molecule has 0 unspecified atom stereocenters. The fraction of sp³-hybridized carbons (Fsp3) is 0.417. The predicted octanol–water partition coefficient (Wildman–Crippen LogP) is 2.78. The molecule has 1 heterocycles. The monoisotopic (exact) mass is 204 g/mol. The molecule has 0 fully saturated rings. The molecule has 3 nitrogen and oxygen atoms in total. The third-order valence-corrected chi connectivity index (χ3v) is 2.53. The van der Waals surface area contributed by atoms with Crippen molar-refractivity contribution in [3.63, 3.8) is 0 Å². The lowest BCUT2D eigenvalue weighted by Crippen LogP contribution is -2.11. The molecule has 0 aliphatic carbocycles. The highest BCUT2D eigenvalue weighted by molar-refractivity contribution is 5.95. The number of benzene rings is 1. The molecule has 0 bridgehead atoms. The Kier molecular flexibility index (Phi) is 3.22. The van der Waals surface area contributed by atoms with E-state index in [0.29, 0.717) is 5.75 Å².